The second kappa shape index (κ2) is 13.2. The van der Waals surface area contributed by atoms with Crippen molar-refractivity contribution < 1.29 is 24.3 Å². The second-order valence-corrected chi connectivity index (χ2v) is 14.3. The zero-order valence-corrected chi connectivity index (χ0v) is 27.2. The van der Waals surface area contributed by atoms with E-state index in [1.807, 2.05) is 34.9 Å². The number of thiophene rings is 2. The summed E-state index contributed by atoms with van der Waals surface area (Å²) in [5.74, 6) is 0.348. The number of aromatic nitrogens is 1. The highest BCUT2D eigenvalue weighted by atomic mass is 32.1. The zero-order valence-electron chi connectivity index (χ0n) is 25.5. The molecule has 2 N–H and O–H groups in total. The summed E-state index contributed by atoms with van der Waals surface area (Å²) in [5, 5.41) is 13.6. The van der Waals surface area contributed by atoms with Crippen molar-refractivity contribution in [1.29, 1.82) is 0 Å². The molecule has 0 bridgehead atoms. The van der Waals surface area contributed by atoms with Crippen LogP contribution >= 0.6 is 22.7 Å². The van der Waals surface area contributed by atoms with E-state index in [4.69, 9.17) is 5.11 Å². The van der Waals surface area contributed by atoms with Gasteiger partial charge in [0.25, 0.3) is 5.91 Å². The number of carboxylic acids is 1. The molecule has 13 heteroatoms. The van der Waals surface area contributed by atoms with Crippen LogP contribution < -0.4 is 15.1 Å². The molecule has 0 spiro atoms. The summed E-state index contributed by atoms with van der Waals surface area (Å²) in [6.45, 7) is 8.73. The molecule has 11 nitrogen and oxygen atoms in total. The van der Waals surface area contributed by atoms with Gasteiger partial charge in [-0.1, -0.05) is 6.07 Å². The van der Waals surface area contributed by atoms with E-state index in [-0.39, 0.29) is 18.0 Å². The Morgan fingerprint density at radius 2 is 1.40 bits per heavy atom. The normalized spacial score (nSPS) is 18.0. The first kappa shape index (κ1) is 31.0. The Kier molecular flexibility index (Phi) is 9.09. The third-order valence-electron chi connectivity index (χ3n) is 8.46. The number of carboxylic acid groups (broad SMARTS) is 1. The molecule has 3 aromatic heterocycles. The molecule has 7 rings (SSSR count). The first-order chi connectivity index (χ1) is 21.7. The first-order valence-electron chi connectivity index (χ1n) is 15.4. The zero-order chi connectivity index (χ0) is 31.7. The molecule has 4 aliphatic rings. The van der Waals surface area contributed by atoms with Gasteiger partial charge in [-0.2, -0.15) is 0 Å². The number of carbonyl (C=O) groups excluding carboxylic acids is 3. The summed E-state index contributed by atoms with van der Waals surface area (Å²) in [6.07, 6.45) is 8.38. The fourth-order valence-electron chi connectivity index (χ4n) is 5.54. The number of nitrogens with zero attached hydrogens (tertiary/aromatic N) is 5. The fraction of sp³-hybridized carbons (Fsp3) is 0.469. The van der Waals surface area contributed by atoms with E-state index in [0.29, 0.717) is 41.2 Å². The Bertz CT molecular complexity index is 1580. The van der Waals surface area contributed by atoms with E-state index in [9.17, 15) is 19.2 Å². The van der Waals surface area contributed by atoms with Gasteiger partial charge in [0.05, 0.1) is 4.88 Å². The molecule has 2 aliphatic heterocycles. The van der Waals surface area contributed by atoms with Crippen molar-refractivity contribution in [3.63, 3.8) is 0 Å². The molecule has 0 aromatic carbocycles. The average molecular weight is 651 g/mol. The number of nitrogens with one attached hydrogen (secondary N) is 1. The van der Waals surface area contributed by atoms with Gasteiger partial charge in [-0.15, -0.1) is 22.7 Å². The van der Waals surface area contributed by atoms with Crippen LogP contribution in [-0.2, 0) is 6.54 Å². The smallest absolute Gasteiger partial charge is 0.346 e. The van der Waals surface area contributed by atoms with Gasteiger partial charge in [-0.25, -0.2) is 14.4 Å². The monoisotopic (exact) mass is 650 g/mol. The number of anilines is 2. The van der Waals surface area contributed by atoms with Gasteiger partial charge in [0, 0.05) is 58.2 Å². The highest BCUT2D eigenvalue weighted by molar-refractivity contribution is 7.18. The number of carbonyl (C=O) groups is 4. The number of urea groups is 2. The van der Waals surface area contributed by atoms with E-state index >= 15 is 0 Å². The number of hydrogen-bond acceptors (Lipinski definition) is 7. The molecule has 0 atom stereocenters. The van der Waals surface area contributed by atoms with E-state index in [1.165, 1.54) is 48.4 Å². The lowest BCUT2D eigenvalue weighted by Gasteiger charge is -2.17. The largest absolute Gasteiger partial charge is 0.477 e. The molecule has 4 fully saturated rings. The van der Waals surface area contributed by atoms with Crippen molar-refractivity contribution in [1.82, 2.24) is 20.1 Å². The van der Waals surface area contributed by atoms with Gasteiger partial charge in [-0.05, 0) is 86.3 Å². The number of aromatic carboxylic acids is 1. The predicted octanol–water partition coefficient (Wildman–Crippen LogP) is 5.44. The van der Waals surface area contributed by atoms with Gasteiger partial charge in [0.1, 0.15) is 14.9 Å². The lowest BCUT2D eigenvalue weighted by molar-refractivity contribution is 0.0701. The van der Waals surface area contributed by atoms with Gasteiger partial charge in [0.15, 0.2) is 0 Å². The second-order valence-electron chi connectivity index (χ2n) is 12.2. The Balaban J connectivity index is 0.000000167. The summed E-state index contributed by atoms with van der Waals surface area (Å²) >= 11 is 2.58. The molecule has 5 heterocycles. The topological polar surface area (TPSA) is 126 Å². The highest BCUT2D eigenvalue weighted by Crippen LogP contribution is 2.36. The maximum atomic E-state index is 12.6. The molecule has 5 amide bonds. The molecule has 3 aromatic rings. The van der Waals surface area contributed by atoms with Gasteiger partial charge in [-0.3, -0.25) is 19.6 Å². The quantitative estimate of drug-likeness (QED) is 0.301. The fourth-order valence-corrected chi connectivity index (χ4v) is 7.68. The summed E-state index contributed by atoms with van der Waals surface area (Å²) in [4.78, 5) is 60.8. The van der Waals surface area contributed by atoms with E-state index < -0.39 is 5.97 Å². The van der Waals surface area contributed by atoms with E-state index in [2.05, 4.69) is 10.3 Å². The van der Waals surface area contributed by atoms with Gasteiger partial charge >= 0.3 is 18.0 Å². The minimum Gasteiger partial charge on any atom is -0.477 e. The van der Waals surface area contributed by atoms with Crippen molar-refractivity contribution >= 4 is 56.6 Å². The summed E-state index contributed by atoms with van der Waals surface area (Å²) in [7, 11) is 0. The summed E-state index contributed by atoms with van der Waals surface area (Å²) < 4.78 is 0. The number of amides is 5. The van der Waals surface area contributed by atoms with Crippen LogP contribution in [0.25, 0.3) is 0 Å². The average Bonchev–Trinajstić information content (AvgIpc) is 3.87. The molecule has 0 radical (unpaired) electrons. The lowest BCUT2D eigenvalue weighted by Crippen LogP contribution is -2.32. The van der Waals surface area contributed by atoms with E-state index in [1.54, 1.807) is 35.2 Å². The van der Waals surface area contributed by atoms with Crippen LogP contribution in [0, 0.1) is 25.7 Å². The van der Waals surface area contributed by atoms with Crippen LogP contribution in [0.3, 0.4) is 0 Å². The molecular formula is C32H38N6O5S2. The number of hydrogen-bond donors (Lipinski definition) is 2. The minimum atomic E-state index is -0.921. The molecule has 0 unspecified atom stereocenters. The van der Waals surface area contributed by atoms with Crippen molar-refractivity contribution in [2.24, 2.45) is 11.8 Å². The van der Waals surface area contributed by atoms with Crippen LogP contribution in [0.15, 0.2) is 36.7 Å². The van der Waals surface area contributed by atoms with Gasteiger partial charge < -0.3 is 20.2 Å². The first-order valence-corrected chi connectivity index (χ1v) is 17.1. The molecule has 45 heavy (non-hydrogen) atoms. The van der Waals surface area contributed by atoms with Crippen molar-refractivity contribution in [3.05, 3.63) is 63.1 Å². The van der Waals surface area contributed by atoms with Crippen molar-refractivity contribution in [2.45, 2.75) is 46.1 Å². The molecule has 2 saturated heterocycles. The number of rotatable bonds is 10. The minimum absolute atomic E-state index is 0.0186. The van der Waals surface area contributed by atoms with Gasteiger partial charge in [0.2, 0.25) is 0 Å². The van der Waals surface area contributed by atoms with Crippen LogP contribution in [0.2, 0.25) is 0 Å². The number of pyridine rings is 1. The maximum absolute atomic E-state index is 12.6. The third-order valence-corrected chi connectivity index (χ3v) is 11.0. The maximum Gasteiger partial charge on any atom is 0.346 e. The summed E-state index contributed by atoms with van der Waals surface area (Å²) in [6, 6.07) is 7.61. The standard InChI is InChI=1S/C19H22N4O2S.C13H16N2O3S/c1-13-9-16(23-8-7-22(19(23)25)12-14-4-5-14)26-17(13)18(24)21-11-15-3-2-6-20-10-15;1-8-6-10(19-11(8)12(16)17)15-5-4-14(13(15)18)7-9-2-3-9/h2-3,6,9-10,14H,4-5,7-8,11-12H2,1H3,(H,21,24);6,9H,2-5,7H2,1H3,(H,16,17). The number of aryl methyl sites for hydroxylation is 2. The molecule has 238 valence electrons. The summed E-state index contributed by atoms with van der Waals surface area (Å²) in [5.41, 5.74) is 2.59. The third kappa shape index (κ3) is 7.30. The van der Waals surface area contributed by atoms with Crippen molar-refractivity contribution in [2.75, 3.05) is 49.1 Å². The lowest BCUT2D eigenvalue weighted by atomic mass is 10.2. The Morgan fingerprint density at radius 3 is 1.87 bits per heavy atom. The van der Waals surface area contributed by atoms with Crippen LogP contribution in [0.1, 0.15) is 61.7 Å². The van der Waals surface area contributed by atoms with E-state index in [0.717, 1.165) is 52.9 Å². The molecule has 2 saturated carbocycles. The predicted molar refractivity (Wildman–Crippen MR) is 175 cm³/mol. The van der Waals surface area contributed by atoms with Crippen LogP contribution in [0.4, 0.5) is 19.6 Å². The molecule has 2 aliphatic carbocycles. The Morgan fingerprint density at radius 1 is 0.867 bits per heavy atom. The molecular weight excluding hydrogens is 613 g/mol. The highest BCUT2D eigenvalue weighted by Gasteiger charge is 2.36. The van der Waals surface area contributed by atoms with Crippen LogP contribution in [0.5, 0.6) is 0 Å². The van der Waals surface area contributed by atoms with Crippen molar-refractivity contribution in [3.8, 4) is 0 Å². The van der Waals surface area contributed by atoms with Crippen LogP contribution in [-0.4, -0.2) is 83.1 Å². The Hall–Kier alpha value is -3.97. The SMILES string of the molecule is Cc1cc(N2CCN(CC3CC3)C2=O)sc1C(=O)NCc1cccnc1.Cc1cc(N2CCN(CC3CC3)C2=O)sc1C(=O)O. The Labute approximate surface area is 270 Å².